The van der Waals surface area contributed by atoms with Crippen LogP contribution in [0.5, 0.6) is 0 Å². The van der Waals surface area contributed by atoms with Crippen molar-refractivity contribution < 1.29 is 4.74 Å². The van der Waals surface area contributed by atoms with E-state index in [1.54, 1.807) is 12.4 Å². The molecule has 0 saturated heterocycles. The molecule has 0 bridgehead atoms. The van der Waals surface area contributed by atoms with Crippen LogP contribution in [0.15, 0.2) is 18.6 Å². The van der Waals surface area contributed by atoms with Crippen molar-refractivity contribution in [3.05, 3.63) is 18.6 Å². The van der Waals surface area contributed by atoms with Gasteiger partial charge in [0.15, 0.2) is 11.5 Å². The standard InChI is InChI=1S/C12H19N5O/c1-2-3-7-18-8-5-14-11-12-15-4-6-17(12)9-10(13)16-11/h4,6,9H,2-3,5,7-8,13H2,1H3,(H,14,16). The molecule has 3 N–H and O–H groups in total. The van der Waals surface area contributed by atoms with Crippen molar-refractivity contribution in [3.63, 3.8) is 0 Å². The molecule has 6 heteroatoms. The third-order valence-electron chi connectivity index (χ3n) is 2.57. The molecule has 2 aromatic heterocycles. The molecule has 0 aliphatic carbocycles. The second-order valence-corrected chi connectivity index (χ2v) is 4.07. The summed E-state index contributed by atoms with van der Waals surface area (Å²) in [6, 6.07) is 0. The Morgan fingerprint density at radius 3 is 3.17 bits per heavy atom. The molecule has 0 amide bonds. The number of ether oxygens (including phenoxy) is 1. The van der Waals surface area contributed by atoms with Crippen molar-refractivity contribution in [2.24, 2.45) is 0 Å². The Morgan fingerprint density at radius 1 is 1.44 bits per heavy atom. The first-order chi connectivity index (χ1) is 8.81. The summed E-state index contributed by atoms with van der Waals surface area (Å²) in [5, 5.41) is 3.19. The molecule has 2 aromatic rings. The minimum absolute atomic E-state index is 0.468. The topological polar surface area (TPSA) is 77.5 Å². The van der Waals surface area contributed by atoms with E-state index in [0.717, 1.165) is 25.1 Å². The SMILES string of the molecule is CCCCOCCNc1nc(N)cn2ccnc12. The number of unbranched alkanes of at least 4 members (excludes halogenated alkanes) is 1. The summed E-state index contributed by atoms with van der Waals surface area (Å²) in [6.45, 7) is 4.31. The minimum atomic E-state index is 0.468. The lowest BCUT2D eigenvalue weighted by molar-refractivity contribution is 0.141. The van der Waals surface area contributed by atoms with Gasteiger partial charge in [0.2, 0.25) is 0 Å². The van der Waals surface area contributed by atoms with Crippen molar-refractivity contribution in [2.75, 3.05) is 30.8 Å². The summed E-state index contributed by atoms with van der Waals surface area (Å²) in [4.78, 5) is 8.46. The molecule has 0 fully saturated rings. The molecule has 0 spiro atoms. The van der Waals surface area contributed by atoms with Crippen LogP contribution in [0.2, 0.25) is 0 Å². The predicted molar refractivity (Wildman–Crippen MR) is 71.6 cm³/mol. The van der Waals surface area contributed by atoms with Crippen LogP contribution in [0.25, 0.3) is 5.65 Å². The Labute approximate surface area is 106 Å². The number of aromatic nitrogens is 3. The van der Waals surface area contributed by atoms with E-state index in [4.69, 9.17) is 10.5 Å². The van der Waals surface area contributed by atoms with Gasteiger partial charge in [-0.1, -0.05) is 13.3 Å². The molecule has 18 heavy (non-hydrogen) atoms. The van der Waals surface area contributed by atoms with E-state index in [-0.39, 0.29) is 0 Å². The summed E-state index contributed by atoms with van der Waals surface area (Å²) in [7, 11) is 0. The molecule has 2 heterocycles. The molecule has 0 atom stereocenters. The number of hydrogen-bond acceptors (Lipinski definition) is 5. The Balaban J connectivity index is 1.89. The first-order valence-electron chi connectivity index (χ1n) is 6.22. The van der Waals surface area contributed by atoms with E-state index in [0.29, 0.717) is 24.8 Å². The number of rotatable bonds is 7. The molecule has 0 aromatic carbocycles. The predicted octanol–water partition coefficient (Wildman–Crippen LogP) is 1.54. The number of hydrogen-bond donors (Lipinski definition) is 2. The zero-order chi connectivity index (χ0) is 12.8. The van der Waals surface area contributed by atoms with Crippen molar-refractivity contribution in [1.29, 1.82) is 0 Å². The Kier molecular flexibility index (Phi) is 4.35. The highest BCUT2D eigenvalue weighted by atomic mass is 16.5. The number of nitrogen functional groups attached to an aromatic ring is 1. The van der Waals surface area contributed by atoms with E-state index in [9.17, 15) is 0 Å². The van der Waals surface area contributed by atoms with E-state index in [1.807, 2.05) is 10.6 Å². The quantitative estimate of drug-likeness (QED) is 0.728. The number of imidazole rings is 1. The fourth-order valence-electron chi connectivity index (χ4n) is 1.66. The van der Waals surface area contributed by atoms with Crippen LogP contribution in [-0.2, 0) is 4.74 Å². The van der Waals surface area contributed by atoms with Gasteiger partial charge in [0, 0.05) is 25.5 Å². The number of nitrogens with two attached hydrogens (primary N) is 1. The lowest BCUT2D eigenvalue weighted by Gasteiger charge is -2.08. The Morgan fingerprint density at radius 2 is 2.33 bits per heavy atom. The fraction of sp³-hybridized carbons (Fsp3) is 0.500. The first kappa shape index (κ1) is 12.6. The monoisotopic (exact) mass is 249 g/mol. The molecule has 0 radical (unpaired) electrons. The van der Waals surface area contributed by atoms with Gasteiger partial charge in [0.1, 0.15) is 5.82 Å². The Bertz CT molecular complexity index is 496. The summed E-state index contributed by atoms with van der Waals surface area (Å²) < 4.78 is 7.32. The normalized spacial score (nSPS) is 10.9. The molecular formula is C12H19N5O. The van der Waals surface area contributed by atoms with E-state index < -0.39 is 0 Å². The van der Waals surface area contributed by atoms with Gasteiger partial charge in [-0.05, 0) is 6.42 Å². The van der Waals surface area contributed by atoms with Crippen molar-refractivity contribution in [3.8, 4) is 0 Å². The summed E-state index contributed by atoms with van der Waals surface area (Å²) in [5.41, 5.74) is 6.50. The largest absolute Gasteiger partial charge is 0.382 e. The van der Waals surface area contributed by atoms with Gasteiger partial charge in [-0.3, -0.25) is 0 Å². The zero-order valence-electron chi connectivity index (χ0n) is 10.6. The molecular weight excluding hydrogens is 230 g/mol. The van der Waals surface area contributed by atoms with Crippen molar-refractivity contribution in [2.45, 2.75) is 19.8 Å². The third-order valence-corrected chi connectivity index (χ3v) is 2.57. The molecule has 0 saturated carbocycles. The van der Waals surface area contributed by atoms with Gasteiger partial charge in [0.25, 0.3) is 0 Å². The number of anilines is 2. The smallest absolute Gasteiger partial charge is 0.180 e. The fourth-order valence-corrected chi connectivity index (χ4v) is 1.66. The minimum Gasteiger partial charge on any atom is -0.382 e. The maximum absolute atomic E-state index is 5.72. The lowest BCUT2D eigenvalue weighted by Crippen LogP contribution is -2.12. The number of nitrogens with one attached hydrogen (secondary N) is 1. The van der Waals surface area contributed by atoms with Crippen molar-refractivity contribution >= 4 is 17.3 Å². The average Bonchev–Trinajstić information content (AvgIpc) is 2.81. The molecule has 0 aliphatic rings. The van der Waals surface area contributed by atoms with E-state index in [1.165, 1.54) is 0 Å². The summed E-state index contributed by atoms with van der Waals surface area (Å²) >= 11 is 0. The second kappa shape index (κ2) is 6.20. The first-order valence-corrected chi connectivity index (χ1v) is 6.22. The van der Waals surface area contributed by atoms with Gasteiger partial charge in [-0.25, -0.2) is 9.97 Å². The lowest BCUT2D eigenvalue weighted by atomic mass is 10.4. The van der Waals surface area contributed by atoms with Crippen LogP contribution in [0, 0.1) is 0 Å². The average molecular weight is 249 g/mol. The van der Waals surface area contributed by atoms with Gasteiger partial charge >= 0.3 is 0 Å². The van der Waals surface area contributed by atoms with Crippen LogP contribution < -0.4 is 11.1 Å². The second-order valence-electron chi connectivity index (χ2n) is 4.07. The van der Waals surface area contributed by atoms with Gasteiger partial charge in [-0.2, -0.15) is 0 Å². The van der Waals surface area contributed by atoms with Crippen molar-refractivity contribution in [1.82, 2.24) is 14.4 Å². The van der Waals surface area contributed by atoms with Gasteiger partial charge in [0.05, 0.1) is 12.8 Å². The number of nitrogens with zero attached hydrogens (tertiary/aromatic N) is 3. The zero-order valence-corrected chi connectivity index (χ0v) is 10.6. The Hall–Kier alpha value is -1.82. The number of fused-ring (bicyclic) bond motifs is 1. The van der Waals surface area contributed by atoms with Crippen LogP contribution in [0.4, 0.5) is 11.6 Å². The molecule has 0 aliphatic heterocycles. The molecule has 6 nitrogen and oxygen atoms in total. The van der Waals surface area contributed by atoms with Crippen LogP contribution in [0.1, 0.15) is 19.8 Å². The maximum Gasteiger partial charge on any atom is 0.180 e. The van der Waals surface area contributed by atoms with Gasteiger partial charge < -0.3 is 20.2 Å². The van der Waals surface area contributed by atoms with Crippen LogP contribution in [-0.4, -0.2) is 34.1 Å². The molecule has 98 valence electrons. The summed E-state index contributed by atoms with van der Waals surface area (Å²) in [5.74, 6) is 1.16. The highest BCUT2D eigenvalue weighted by Crippen LogP contribution is 2.13. The van der Waals surface area contributed by atoms with Gasteiger partial charge in [-0.15, -0.1) is 0 Å². The molecule has 2 rings (SSSR count). The van der Waals surface area contributed by atoms with Crippen LogP contribution >= 0.6 is 0 Å². The highest BCUT2D eigenvalue weighted by Gasteiger charge is 2.04. The third kappa shape index (κ3) is 3.10. The van der Waals surface area contributed by atoms with Crippen LogP contribution in [0.3, 0.4) is 0 Å². The summed E-state index contributed by atoms with van der Waals surface area (Å²) in [6.07, 6.45) is 7.56. The maximum atomic E-state index is 5.72. The van der Waals surface area contributed by atoms with E-state index >= 15 is 0 Å². The highest BCUT2D eigenvalue weighted by molar-refractivity contribution is 5.64. The molecule has 0 unspecified atom stereocenters. The van der Waals surface area contributed by atoms with E-state index in [2.05, 4.69) is 22.2 Å².